The van der Waals surface area contributed by atoms with E-state index in [-0.39, 0.29) is 5.75 Å². The Hall–Kier alpha value is -2.79. The molecule has 0 fully saturated rings. The third-order valence-corrected chi connectivity index (χ3v) is 3.80. The van der Waals surface area contributed by atoms with Crippen molar-refractivity contribution in [3.63, 3.8) is 0 Å². The SMILES string of the molecule is COc1ccc(CNCCc2ccn(-c3ccccc3)n2)cc1O. The van der Waals surface area contributed by atoms with E-state index < -0.39 is 0 Å². The summed E-state index contributed by atoms with van der Waals surface area (Å²) in [4.78, 5) is 0. The van der Waals surface area contributed by atoms with Crippen LogP contribution in [0.25, 0.3) is 5.69 Å². The van der Waals surface area contributed by atoms with Gasteiger partial charge < -0.3 is 15.2 Å². The Morgan fingerprint density at radius 3 is 2.71 bits per heavy atom. The summed E-state index contributed by atoms with van der Waals surface area (Å²) in [5.74, 6) is 0.656. The number of phenols is 1. The lowest BCUT2D eigenvalue weighted by Crippen LogP contribution is -2.17. The number of phenolic OH excluding ortho intramolecular Hbond substituents is 1. The van der Waals surface area contributed by atoms with Gasteiger partial charge in [-0.05, 0) is 35.9 Å². The largest absolute Gasteiger partial charge is 0.504 e. The number of nitrogens with zero attached hydrogens (tertiary/aromatic N) is 2. The highest BCUT2D eigenvalue weighted by atomic mass is 16.5. The Morgan fingerprint density at radius 2 is 1.96 bits per heavy atom. The predicted molar refractivity (Wildman–Crippen MR) is 93.6 cm³/mol. The fourth-order valence-electron chi connectivity index (χ4n) is 2.51. The number of ether oxygens (including phenoxy) is 1. The molecule has 0 atom stereocenters. The molecule has 0 radical (unpaired) electrons. The van der Waals surface area contributed by atoms with Gasteiger partial charge >= 0.3 is 0 Å². The second kappa shape index (κ2) is 7.66. The van der Waals surface area contributed by atoms with Gasteiger partial charge in [0.15, 0.2) is 11.5 Å². The van der Waals surface area contributed by atoms with Gasteiger partial charge in [0.25, 0.3) is 0 Å². The molecular formula is C19H21N3O2. The Kier molecular flexibility index (Phi) is 5.13. The Labute approximate surface area is 141 Å². The van der Waals surface area contributed by atoms with Gasteiger partial charge in [0.05, 0.1) is 18.5 Å². The monoisotopic (exact) mass is 323 g/mol. The van der Waals surface area contributed by atoms with Crippen LogP contribution in [-0.2, 0) is 13.0 Å². The van der Waals surface area contributed by atoms with Gasteiger partial charge in [-0.3, -0.25) is 0 Å². The third-order valence-electron chi connectivity index (χ3n) is 3.80. The lowest BCUT2D eigenvalue weighted by Gasteiger charge is -2.07. The number of para-hydroxylation sites is 1. The zero-order chi connectivity index (χ0) is 16.8. The van der Waals surface area contributed by atoms with Crippen LogP contribution in [0, 0.1) is 0 Å². The van der Waals surface area contributed by atoms with E-state index in [4.69, 9.17) is 4.74 Å². The number of benzene rings is 2. The molecule has 0 bridgehead atoms. The van der Waals surface area contributed by atoms with E-state index in [2.05, 4.69) is 10.4 Å². The summed E-state index contributed by atoms with van der Waals surface area (Å²) >= 11 is 0. The van der Waals surface area contributed by atoms with Crippen molar-refractivity contribution < 1.29 is 9.84 Å². The highest BCUT2D eigenvalue weighted by Crippen LogP contribution is 2.25. The van der Waals surface area contributed by atoms with Crippen molar-refractivity contribution in [1.29, 1.82) is 0 Å². The zero-order valence-corrected chi connectivity index (χ0v) is 13.6. The first-order valence-corrected chi connectivity index (χ1v) is 7.93. The van der Waals surface area contributed by atoms with E-state index in [0.717, 1.165) is 29.9 Å². The van der Waals surface area contributed by atoms with Crippen molar-refractivity contribution in [1.82, 2.24) is 15.1 Å². The summed E-state index contributed by atoms with van der Waals surface area (Å²) < 4.78 is 6.93. The molecule has 0 saturated heterocycles. The quantitative estimate of drug-likeness (QED) is 0.656. The first-order valence-electron chi connectivity index (χ1n) is 7.93. The van der Waals surface area contributed by atoms with Crippen LogP contribution in [0.4, 0.5) is 0 Å². The average Bonchev–Trinajstić information content (AvgIpc) is 3.09. The van der Waals surface area contributed by atoms with Crippen LogP contribution in [0.3, 0.4) is 0 Å². The molecule has 0 unspecified atom stereocenters. The van der Waals surface area contributed by atoms with Crippen molar-refractivity contribution in [2.75, 3.05) is 13.7 Å². The van der Waals surface area contributed by atoms with Crippen molar-refractivity contribution >= 4 is 0 Å². The molecular weight excluding hydrogens is 302 g/mol. The predicted octanol–water partition coefficient (Wildman–Crippen LogP) is 2.92. The molecule has 124 valence electrons. The fourth-order valence-corrected chi connectivity index (χ4v) is 2.51. The molecule has 0 spiro atoms. The summed E-state index contributed by atoms with van der Waals surface area (Å²) in [5, 5.41) is 17.7. The van der Waals surface area contributed by atoms with Crippen LogP contribution in [0.5, 0.6) is 11.5 Å². The molecule has 0 aliphatic carbocycles. The van der Waals surface area contributed by atoms with Crippen LogP contribution >= 0.6 is 0 Å². The number of hydrogen-bond acceptors (Lipinski definition) is 4. The molecule has 3 rings (SSSR count). The maximum Gasteiger partial charge on any atom is 0.160 e. The molecule has 0 saturated carbocycles. The van der Waals surface area contributed by atoms with E-state index in [1.807, 2.05) is 53.3 Å². The van der Waals surface area contributed by atoms with Crippen molar-refractivity contribution in [2.24, 2.45) is 0 Å². The van der Waals surface area contributed by atoms with Crippen LogP contribution in [0.2, 0.25) is 0 Å². The van der Waals surface area contributed by atoms with Crippen molar-refractivity contribution in [2.45, 2.75) is 13.0 Å². The Balaban J connectivity index is 1.49. The molecule has 1 aromatic heterocycles. The minimum Gasteiger partial charge on any atom is -0.504 e. The Morgan fingerprint density at radius 1 is 1.12 bits per heavy atom. The van der Waals surface area contributed by atoms with Gasteiger partial charge in [-0.2, -0.15) is 5.10 Å². The van der Waals surface area contributed by atoms with Crippen LogP contribution in [0.15, 0.2) is 60.8 Å². The summed E-state index contributed by atoms with van der Waals surface area (Å²) in [6.07, 6.45) is 2.83. The minimum atomic E-state index is 0.165. The standard InChI is InChI=1S/C19H21N3O2/c1-24-19-8-7-15(13-18(19)23)14-20-11-9-16-10-12-22(21-16)17-5-3-2-4-6-17/h2-8,10,12-13,20,23H,9,11,14H2,1H3. The van der Waals surface area contributed by atoms with E-state index in [1.54, 1.807) is 19.2 Å². The minimum absolute atomic E-state index is 0.165. The van der Waals surface area contributed by atoms with E-state index in [9.17, 15) is 5.11 Å². The molecule has 0 aliphatic heterocycles. The van der Waals surface area contributed by atoms with Gasteiger partial charge in [-0.1, -0.05) is 24.3 Å². The molecule has 5 nitrogen and oxygen atoms in total. The average molecular weight is 323 g/mol. The highest BCUT2D eigenvalue weighted by molar-refractivity contribution is 5.41. The van der Waals surface area contributed by atoms with Gasteiger partial charge in [0.2, 0.25) is 0 Å². The highest BCUT2D eigenvalue weighted by Gasteiger charge is 2.03. The molecule has 0 amide bonds. The molecule has 0 aliphatic rings. The summed E-state index contributed by atoms with van der Waals surface area (Å²) in [7, 11) is 1.54. The second-order valence-electron chi connectivity index (χ2n) is 5.52. The number of rotatable bonds is 7. The molecule has 5 heteroatoms. The fraction of sp³-hybridized carbons (Fsp3) is 0.211. The molecule has 1 heterocycles. The number of aromatic nitrogens is 2. The number of hydrogen-bond donors (Lipinski definition) is 2. The number of aromatic hydroxyl groups is 1. The van der Waals surface area contributed by atoms with Gasteiger partial charge in [-0.25, -0.2) is 4.68 Å². The summed E-state index contributed by atoms with van der Waals surface area (Å²) in [6, 6.07) is 17.5. The van der Waals surface area contributed by atoms with Crippen LogP contribution in [0.1, 0.15) is 11.3 Å². The van der Waals surface area contributed by atoms with Gasteiger partial charge in [-0.15, -0.1) is 0 Å². The lowest BCUT2D eigenvalue weighted by atomic mass is 10.2. The molecule has 2 aromatic carbocycles. The topological polar surface area (TPSA) is 59.3 Å². The van der Waals surface area contributed by atoms with Crippen molar-refractivity contribution in [3.8, 4) is 17.2 Å². The maximum absolute atomic E-state index is 9.77. The second-order valence-corrected chi connectivity index (χ2v) is 5.52. The van der Waals surface area contributed by atoms with Crippen LogP contribution in [-0.4, -0.2) is 28.5 Å². The summed E-state index contributed by atoms with van der Waals surface area (Å²) in [6.45, 7) is 1.51. The van der Waals surface area contributed by atoms with E-state index >= 15 is 0 Å². The molecule has 3 aromatic rings. The van der Waals surface area contributed by atoms with Crippen molar-refractivity contribution in [3.05, 3.63) is 72.1 Å². The smallest absolute Gasteiger partial charge is 0.160 e. The number of methoxy groups -OCH3 is 1. The zero-order valence-electron chi connectivity index (χ0n) is 13.6. The van der Waals surface area contributed by atoms with E-state index in [1.165, 1.54) is 0 Å². The molecule has 2 N–H and O–H groups in total. The lowest BCUT2D eigenvalue weighted by molar-refractivity contribution is 0.373. The Bertz CT molecular complexity index is 784. The molecule has 24 heavy (non-hydrogen) atoms. The summed E-state index contributed by atoms with van der Waals surface area (Å²) in [5.41, 5.74) is 3.12. The van der Waals surface area contributed by atoms with Gasteiger partial charge in [0, 0.05) is 25.7 Å². The first-order chi connectivity index (χ1) is 11.8. The van der Waals surface area contributed by atoms with Gasteiger partial charge in [0.1, 0.15) is 0 Å². The van der Waals surface area contributed by atoms with E-state index in [0.29, 0.717) is 12.3 Å². The number of nitrogens with one attached hydrogen (secondary N) is 1. The normalized spacial score (nSPS) is 10.7. The third kappa shape index (κ3) is 3.94. The first kappa shape index (κ1) is 16.1. The maximum atomic E-state index is 9.77. The van der Waals surface area contributed by atoms with Crippen LogP contribution < -0.4 is 10.1 Å².